The number of halogens is 1. The quantitative estimate of drug-likeness (QED) is 0.738. The normalized spacial score (nSPS) is 13.4. The first-order valence-electron chi connectivity index (χ1n) is 6.39. The second-order valence-electron chi connectivity index (χ2n) is 4.71. The number of amides is 2. The smallest absolute Gasteiger partial charge is 0.253 e. The highest BCUT2D eigenvalue weighted by Gasteiger charge is 2.18. The summed E-state index contributed by atoms with van der Waals surface area (Å²) in [5.41, 5.74) is 0.331. The molecule has 0 bridgehead atoms. The van der Waals surface area contributed by atoms with E-state index in [-0.39, 0.29) is 18.4 Å². The minimum absolute atomic E-state index is 0.000638. The van der Waals surface area contributed by atoms with E-state index in [4.69, 9.17) is 16.7 Å². The van der Waals surface area contributed by atoms with Gasteiger partial charge in [-0.05, 0) is 25.0 Å². The van der Waals surface area contributed by atoms with Crippen LogP contribution in [0.2, 0.25) is 5.02 Å². The van der Waals surface area contributed by atoms with Gasteiger partial charge in [-0.15, -0.1) is 0 Å². The van der Waals surface area contributed by atoms with Crippen LogP contribution < -0.4 is 10.6 Å². The molecule has 0 radical (unpaired) electrons. The van der Waals surface area contributed by atoms with E-state index in [1.807, 2.05) is 6.92 Å². The van der Waals surface area contributed by atoms with Crippen molar-refractivity contribution in [2.75, 3.05) is 13.2 Å². The van der Waals surface area contributed by atoms with Gasteiger partial charge in [0.25, 0.3) is 5.91 Å². The van der Waals surface area contributed by atoms with Gasteiger partial charge in [0.2, 0.25) is 5.91 Å². The largest absolute Gasteiger partial charge is 0.396 e. The van der Waals surface area contributed by atoms with Crippen LogP contribution in [0.4, 0.5) is 0 Å². The lowest BCUT2D eigenvalue weighted by Crippen LogP contribution is -2.46. The lowest BCUT2D eigenvalue weighted by atomic mass is 10.2. The summed E-state index contributed by atoms with van der Waals surface area (Å²) < 4.78 is 0. The Kier molecular flexibility index (Phi) is 6.48. The molecule has 2 atom stereocenters. The topological polar surface area (TPSA) is 78.4 Å². The standard InChI is InChI=1S/C14H19ClN2O3/c1-9(8-18)7-16-13(19)10(2)17-14(20)11-5-3-4-6-12(11)15/h3-6,9-10,18H,7-8H2,1-2H3,(H,16,19)(H,17,20). The fourth-order valence-electron chi connectivity index (χ4n) is 1.48. The third-order valence-corrected chi connectivity index (χ3v) is 3.13. The van der Waals surface area contributed by atoms with Gasteiger partial charge in [-0.25, -0.2) is 0 Å². The monoisotopic (exact) mass is 298 g/mol. The van der Waals surface area contributed by atoms with Crippen molar-refractivity contribution in [3.05, 3.63) is 34.9 Å². The van der Waals surface area contributed by atoms with E-state index in [0.29, 0.717) is 17.1 Å². The van der Waals surface area contributed by atoms with Crippen LogP contribution in [-0.4, -0.2) is 36.1 Å². The summed E-state index contributed by atoms with van der Waals surface area (Å²) in [4.78, 5) is 23.7. The van der Waals surface area contributed by atoms with Gasteiger partial charge in [0.05, 0.1) is 10.6 Å². The fourth-order valence-corrected chi connectivity index (χ4v) is 1.70. The van der Waals surface area contributed by atoms with Crippen molar-refractivity contribution in [3.8, 4) is 0 Å². The van der Waals surface area contributed by atoms with Crippen LogP contribution in [0.3, 0.4) is 0 Å². The Bertz CT molecular complexity index is 479. The summed E-state index contributed by atoms with van der Waals surface area (Å²) in [5, 5.41) is 14.5. The SMILES string of the molecule is CC(CO)CNC(=O)C(C)NC(=O)c1ccccc1Cl. The van der Waals surface area contributed by atoms with Crippen molar-refractivity contribution < 1.29 is 14.7 Å². The summed E-state index contributed by atoms with van der Waals surface area (Å²) in [6.07, 6.45) is 0. The Morgan fingerprint density at radius 2 is 1.95 bits per heavy atom. The van der Waals surface area contributed by atoms with Crippen molar-refractivity contribution in [2.24, 2.45) is 5.92 Å². The van der Waals surface area contributed by atoms with Crippen molar-refractivity contribution in [2.45, 2.75) is 19.9 Å². The number of nitrogens with one attached hydrogen (secondary N) is 2. The number of aliphatic hydroxyl groups is 1. The van der Waals surface area contributed by atoms with E-state index in [9.17, 15) is 9.59 Å². The second kappa shape index (κ2) is 7.87. The molecule has 2 amide bonds. The zero-order chi connectivity index (χ0) is 15.1. The third kappa shape index (κ3) is 4.83. The summed E-state index contributed by atoms with van der Waals surface area (Å²) >= 11 is 5.91. The van der Waals surface area contributed by atoms with Gasteiger partial charge in [0.15, 0.2) is 0 Å². The molecular formula is C14H19ClN2O3. The van der Waals surface area contributed by atoms with Crippen LogP contribution in [0.5, 0.6) is 0 Å². The molecule has 2 unspecified atom stereocenters. The molecule has 3 N–H and O–H groups in total. The molecule has 0 saturated heterocycles. The van der Waals surface area contributed by atoms with E-state index in [2.05, 4.69) is 10.6 Å². The van der Waals surface area contributed by atoms with Crippen LogP contribution in [0.1, 0.15) is 24.2 Å². The average molecular weight is 299 g/mol. The molecule has 0 heterocycles. The van der Waals surface area contributed by atoms with E-state index in [1.165, 1.54) is 0 Å². The van der Waals surface area contributed by atoms with Gasteiger partial charge in [-0.3, -0.25) is 9.59 Å². The predicted octanol–water partition coefficient (Wildman–Crippen LogP) is 1.20. The molecule has 110 valence electrons. The summed E-state index contributed by atoms with van der Waals surface area (Å²) in [6.45, 7) is 3.77. The van der Waals surface area contributed by atoms with Gasteiger partial charge >= 0.3 is 0 Å². The Balaban J connectivity index is 2.53. The van der Waals surface area contributed by atoms with Crippen LogP contribution >= 0.6 is 11.6 Å². The number of hydrogen-bond donors (Lipinski definition) is 3. The number of carbonyl (C=O) groups is 2. The number of benzene rings is 1. The second-order valence-corrected chi connectivity index (χ2v) is 5.12. The highest BCUT2D eigenvalue weighted by Crippen LogP contribution is 2.14. The third-order valence-electron chi connectivity index (χ3n) is 2.80. The molecule has 1 aromatic carbocycles. The molecule has 0 aromatic heterocycles. The molecule has 0 spiro atoms. The van der Waals surface area contributed by atoms with Gasteiger partial charge in [0, 0.05) is 13.2 Å². The zero-order valence-corrected chi connectivity index (χ0v) is 12.3. The number of rotatable bonds is 6. The lowest BCUT2D eigenvalue weighted by molar-refractivity contribution is -0.122. The Labute approximate surface area is 123 Å². The van der Waals surface area contributed by atoms with Crippen molar-refractivity contribution in [1.82, 2.24) is 10.6 Å². The van der Waals surface area contributed by atoms with Gasteiger partial charge in [0.1, 0.15) is 6.04 Å². The maximum Gasteiger partial charge on any atom is 0.253 e. The molecular weight excluding hydrogens is 280 g/mol. The molecule has 5 nitrogen and oxygen atoms in total. The Morgan fingerprint density at radius 1 is 1.30 bits per heavy atom. The summed E-state index contributed by atoms with van der Waals surface area (Å²) in [5.74, 6) is -0.718. The summed E-state index contributed by atoms with van der Waals surface area (Å²) in [7, 11) is 0. The van der Waals surface area contributed by atoms with E-state index < -0.39 is 11.9 Å². The summed E-state index contributed by atoms with van der Waals surface area (Å²) in [6, 6.07) is 5.96. The molecule has 1 aromatic rings. The number of aliphatic hydroxyl groups excluding tert-OH is 1. The molecule has 0 aliphatic rings. The molecule has 6 heteroatoms. The minimum Gasteiger partial charge on any atom is -0.396 e. The molecule has 0 fully saturated rings. The van der Waals surface area contributed by atoms with Gasteiger partial charge in [-0.2, -0.15) is 0 Å². The molecule has 1 rings (SSSR count). The molecule has 20 heavy (non-hydrogen) atoms. The Hall–Kier alpha value is -1.59. The van der Waals surface area contributed by atoms with Crippen LogP contribution in [0.15, 0.2) is 24.3 Å². The van der Waals surface area contributed by atoms with Gasteiger partial charge in [-0.1, -0.05) is 30.7 Å². The van der Waals surface area contributed by atoms with Gasteiger partial charge < -0.3 is 15.7 Å². The van der Waals surface area contributed by atoms with Crippen LogP contribution in [0, 0.1) is 5.92 Å². The maximum absolute atomic E-state index is 12.0. The fraction of sp³-hybridized carbons (Fsp3) is 0.429. The number of hydrogen-bond acceptors (Lipinski definition) is 3. The first-order chi connectivity index (χ1) is 9.45. The van der Waals surface area contributed by atoms with Crippen LogP contribution in [0.25, 0.3) is 0 Å². The number of carbonyl (C=O) groups excluding carboxylic acids is 2. The Morgan fingerprint density at radius 3 is 2.55 bits per heavy atom. The molecule has 0 saturated carbocycles. The van der Waals surface area contributed by atoms with Crippen molar-refractivity contribution >= 4 is 23.4 Å². The predicted molar refractivity (Wildman–Crippen MR) is 77.6 cm³/mol. The minimum atomic E-state index is -0.676. The average Bonchev–Trinajstić information content (AvgIpc) is 2.44. The van der Waals surface area contributed by atoms with Crippen LogP contribution in [-0.2, 0) is 4.79 Å². The first kappa shape index (κ1) is 16.5. The highest BCUT2D eigenvalue weighted by atomic mass is 35.5. The molecule has 0 aliphatic carbocycles. The first-order valence-corrected chi connectivity index (χ1v) is 6.77. The van der Waals surface area contributed by atoms with E-state index in [0.717, 1.165) is 0 Å². The van der Waals surface area contributed by atoms with E-state index >= 15 is 0 Å². The lowest BCUT2D eigenvalue weighted by Gasteiger charge is -2.16. The molecule has 0 aliphatic heterocycles. The van der Waals surface area contributed by atoms with E-state index in [1.54, 1.807) is 31.2 Å². The highest BCUT2D eigenvalue weighted by molar-refractivity contribution is 6.33. The van der Waals surface area contributed by atoms with Crippen molar-refractivity contribution in [3.63, 3.8) is 0 Å². The maximum atomic E-state index is 12.0. The van der Waals surface area contributed by atoms with Crippen molar-refractivity contribution in [1.29, 1.82) is 0 Å². The zero-order valence-electron chi connectivity index (χ0n) is 11.5.